The van der Waals surface area contributed by atoms with E-state index in [0.29, 0.717) is 23.7 Å². The standard InChI is InChI=1S/C14H18ClNO4S/c15-12-1-3-13(4-2-12)20-7-5-14(17)16-9-11-6-8-21(18,19)10-11/h1-4,11H,5-10H2,(H,16,17)/t11-/m0/s1. The Kier molecular flexibility index (Phi) is 5.47. The average Bonchev–Trinajstić information content (AvgIpc) is 2.78. The average molecular weight is 332 g/mol. The number of ether oxygens (including phenoxy) is 1. The Morgan fingerprint density at radius 2 is 2.05 bits per heavy atom. The molecule has 0 aromatic heterocycles. The van der Waals surface area contributed by atoms with Crippen molar-refractivity contribution in [3.63, 3.8) is 0 Å². The van der Waals surface area contributed by atoms with Crippen molar-refractivity contribution in [2.45, 2.75) is 12.8 Å². The molecule has 21 heavy (non-hydrogen) atoms. The Morgan fingerprint density at radius 1 is 1.33 bits per heavy atom. The third-order valence-corrected chi connectivity index (χ3v) is 5.42. The fourth-order valence-electron chi connectivity index (χ4n) is 2.17. The van der Waals surface area contributed by atoms with Crippen LogP contribution < -0.4 is 10.1 Å². The minimum atomic E-state index is -2.89. The van der Waals surface area contributed by atoms with Crippen LogP contribution in [0.2, 0.25) is 5.02 Å². The van der Waals surface area contributed by atoms with E-state index in [1.54, 1.807) is 24.3 Å². The van der Waals surface area contributed by atoms with Gasteiger partial charge in [-0.3, -0.25) is 4.79 Å². The summed E-state index contributed by atoms with van der Waals surface area (Å²) in [5.74, 6) is 0.973. The van der Waals surface area contributed by atoms with Crippen LogP contribution in [0.15, 0.2) is 24.3 Å². The largest absolute Gasteiger partial charge is 0.493 e. The third kappa shape index (κ3) is 5.55. The maximum Gasteiger partial charge on any atom is 0.223 e. The molecule has 2 rings (SSSR count). The van der Waals surface area contributed by atoms with Crippen molar-refractivity contribution in [3.05, 3.63) is 29.3 Å². The molecule has 7 heteroatoms. The summed E-state index contributed by atoms with van der Waals surface area (Å²) in [7, 11) is -2.89. The van der Waals surface area contributed by atoms with Gasteiger partial charge in [-0.15, -0.1) is 0 Å². The summed E-state index contributed by atoms with van der Waals surface area (Å²) in [6.07, 6.45) is 0.867. The summed E-state index contributed by atoms with van der Waals surface area (Å²) in [6, 6.07) is 6.92. The zero-order valence-electron chi connectivity index (χ0n) is 11.5. The third-order valence-electron chi connectivity index (χ3n) is 3.33. The van der Waals surface area contributed by atoms with Gasteiger partial charge in [-0.1, -0.05) is 11.6 Å². The van der Waals surface area contributed by atoms with E-state index < -0.39 is 9.84 Å². The fourth-order valence-corrected chi connectivity index (χ4v) is 4.16. The Hall–Kier alpha value is -1.27. The minimum absolute atomic E-state index is 0.0381. The second-order valence-electron chi connectivity index (χ2n) is 5.13. The Labute approximate surface area is 129 Å². The first kappa shape index (κ1) is 16.1. The highest BCUT2D eigenvalue weighted by atomic mass is 35.5. The monoisotopic (exact) mass is 331 g/mol. The maximum atomic E-state index is 11.6. The van der Waals surface area contributed by atoms with E-state index in [2.05, 4.69) is 5.32 Å². The Balaban J connectivity index is 1.63. The van der Waals surface area contributed by atoms with Crippen molar-refractivity contribution in [1.29, 1.82) is 0 Å². The Morgan fingerprint density at radius 3 is 2.67 bits per heavy atom. The van der Waals surface area contributed by atoms with Gasteiger partial charge in [0.25, 0.3) is 0 Å². The highest BCUT2D eigenvalue weighted by Gasteiger charge is 2.27. The number of carbonyl (C=O) groups is 1. The van der Waals surface area contributed by atoms with Gasteiger partial charge in [-0.2, -0.15) is 0 Å². The molecule has 0 radical (unpaired) electrons. The summed E-state index contributed by atoms with van der Waals surface area (Å²) < 4.78 is 28.0. The zero-order valence-corrected chi connectivity index (χ0v) is 13.1. The van der Waals surface area contributed by atoms with Crippen LogP contribution in [0.1, 0.15) is 12.8 Å². The topological polar surface area (TPSA) is 72.5 Å². The highest BCUT2D eigenvalue weighted by molar-refractivity contribution is 7.91. The van der Waals surface area contributed by atoms with Gasteiger partial charge in [0.2, 0.25) is 5.91 Å². The van der Waals surface area contributed by atoms with E-state index in [9.17, 15) is 13.2 Å². The number of hydrogen-bond acceptors (Lipinski definition) is 4. The molecule has 1 heterocycles. The van der Waals surface area contributed by atoms with Crippen LogP contribution in [0.25, 0.3) is 0 Å². The van der Waals surface area contributed by atoms with Crippen LogP contribution in [0, 0.1) is 5.92 Å². The van der Waals surface area contributed by atoms with E-state index in [-0.39, 0.29) is 36.4 Å². The second kappa shape index (κ2) is 7.13. The van der Waals surface area contributed by atoms with Crippen LogP contribution in [0.3, 0.4) is 0 Å². The molecule has 0 spiro atoms. The van der Waals surface area contributed by atoms with Gasteiger partial charge in [0.15, 0.2) is 9.84 Å². The predicted octanol–water partition coefficient (Wildman–Crippen LogP) is 1.66. The summed E-state index contributed by atoms with van der Waals surface area (Å²) >= 11 is 5.76. The first-order valence-corrected chi connectivity index (χ1v) is 9.00. The first-order valence-electron chi connectivity index (χ1n) is 6.80. The van der Waals surface area contributed by atoms with Gasteiger partial charge in [0.05, 0.1) is 24.5 Å². The first-order chi connectivity index (χ1) is 9.94. The van der Waals surface area contributed by atoms with E-state index >= 15 is 0 Å². The van der Waals surface area contributed by atoms with Crippen molar-refractivity contribution in [2.75, 3.05) is 24.7 Å². The van der Waals surface area contributed by atoms with Gasteiger partial charge in [-0.05, 0) is 36.6 Å². The van der Waals surface area contributed by atoms with E-state index in [4.69, 9.17) is 16.3 Å². The summed E-state index contributed by atoms with van der Waals surface area (Å²) in [5, 5.41) is 3.38. The van der Waals surface area contributed by atoms with Crippen molar-refractivity contribution in [3.8, 4) is 5.75 Å². The number of hydrogen-bond donors (Lipinski definition) is 1. The van der Waals surface area contributed by atoms with E-state index in [1.807, 2.05) is 0 Å². The van der Waals surface area contributed by atoms with Crippen LogP contribution in [-0.2, 0) is 14.6 Å². The SMILES string of the molecule is O=C(CCOc1ccc(Cl)cc1)NC[C@@H]1CCS(=O)(=O)C1. The van der Waals surface area contributed by atoms with Gasteiger partial charge < -0.3 is 10.1 Å². The lowest BCUT2D eigenvalue weighted by Crippen LogP contribution is -2.30. The molecule has 1 N–H and O–H groups in total. The molecule has 0 saturated carbocycles. The van der Waals surface area contributed by atoms with Gasteiger partial charge in [0.1, 0.15) is 5.75 Å². The van der Waals surface area contributed by atoms with Gasteiger partial charge >= 0.3 is 0 Å². The molecule has 1 saturated heterocycles. The summed E-state index contributed by atoms with van der Waals surface area (Å²) in [5.41, 5.74) is 0. The Bertz CT molecular complexity index is 585. The number of nitrogens with one attached hydrogen (secondary N) is 1. The molecule has 116 valence electrons. The van der Waals surface area contributed by atoms with Crippen molar-refractivity contribution < 1.29 is 17.9 Å². The molecule has 1 aromatic rings. The number of sulfone groups is 1. The quantitative estimate of drug-likeness (QED) is 0.860. The molecular weight excluding hydrogens is 314 g/mol. The van der Waals surface area contributed by atoms with Crippen LogP contribution in [0.4, 0.5) is 0 Å². The molecule has 1 atom stereocenters. The van der Waals surface area contributed by atoms with Crippen molar-refractivity contribution in [1.82, 2.24) is 5.32 Å². The molecule has 1 amide bonds. The molecule has 1 aliphatic rings. The molecule has 0 aliphatic carbocycles. The van der Waals surface area contributed by atoms with Crippen LogP contribution in [0.5, 0.6) is 5.75 Å². The number of carbonyl (C=O) groups excluding carboxylic acids is 1. The smallest absolute Gasteiger partial charge is 0.223 e. The minimum Gasteiger partial charge on any atom is -0.493 e. The molecule has 5 nitrogen and oxygen atoms in total. The van der Waals surface area contributed by atoms with E-state index in [0.717, 1.165) is 0 Å². The molecule has 1 aliphatic heterocycles. The van der Waals surface area contributed by atoms with Gasteiger partial charge in [-0.25, -0.2) is 8.42 Å². The van der Waals surface area contributed by atoms with E-state index in [1.165, 1.54) is 0 Å². The highest BCUT2D eigenvalue weighted by Crippen LogP contribution is 2.17. The second-order valence-corrected chi connectivity index (χ2v) is 7.79. The molecule has 1 fully saturated rings. The van der Waals surface area contributed by atoms with Crippen molar-refractivity contribution in [2.24, 2.45) is 5.92 Å². The summed E-state index contributed by atoms with van der Waals surface area (Å²) in [4.78, 5) is 11.6. The lowest BCUT2D eigenvalue weighted by molar-refractivity contribution is -0.121. The molecule has 0 bridgehead atoms. The molecule has 0 unspecified atom stereocenters. The van der Waals surface area contributed by atoms with Crippen LogP contribution >= 0.6 is 11.6 Å². The number of amides is 1. The number of halogens is 1. The van der Waals surface area contributed by atoms with Crippen LogP contribution in [-0.4, -0.2) is 39.0 Å². The fraction of sp³-hybridized carbons (Fsp3) is 0.500. The molecule has 1 aromatic carbocycles. The predicted molar refractivity (Wildman–Crippen MR) is 81.3 cm³/mol. The maximum absolute atomic E-state index is 11.6. The number of rotatable bonds is 6. The lowest BCUT2D eigenvalue weighted by Gasteiger charge is -2.10. The zero-order chi connectivity index (χ0) is 15.3. The van der Waals surface area contributed by atoms with Gasteiger partial charge in [0, 0.05) is 11.6 Å². The molecular formula is C14H18ClNO4S. The summed E-state index contributed by atoms with van der Waals surface area (Å²) in [6.45, 7) is 0.690. The number of benzene rings is 1. The lowest BCUT2D eigenvalue weighted by atomic mass is 10.1. The van der Waals surface area contributed by atoms with Crippen molar-refractivity contribution >= 4 is 27.3 Å². The normalized spacial score (nSPS) is 20.1.